The van der Waals surface area contributed by atoms with Gasteiger partial charge in [-0.2, -0.15) is 0 Å². The highest BCUT2D eigenvalue weighted by molar-refractivity contribution is 6.13. The topological polar surface area (TPSA) is 29.5 Å². The van der Waals surface area contributed by atoms with Crippen LogP contribution in [0.15, 0.2) is 121 Å². The molecule has 226 valence electrons. The Morgan fingerprint density at radius 3 is 2.22 bits per heavy atom. The lowest BCUT2D eigenvalue weighted by atomic mass is 9.71. The lowest BCUT2D eigenvalue weighted by molar-refractivity contribution is 0.0871. The summed E-state index contributed by atoms with van der Waals surface area (Å²) < 4.78 is 6.04. The molecule has 0 amide bonds. The van der Waals surface area contributed by atoms with Crippen molar-refractivity contribution in [2.24, 2.45) is 0 Å². The van der Waals surface area contributed by atoms with Crippen LogP contribution in [-0.4, -0.2) is 5.78 Å². The van der Waals surface area contributed by atoms with Gasteiger partial charge in [-0.15, -0.1) is 0 Å². The van der Waals surface area contributed by atoms with Gasteiger partial charge in [0.05, 0.1) is 11.4 Å². The molecule has 2 heterocycles. The first-order valence-electron chi connectivity index (χ1n) is 16.1. The number of carbonyl (C=O) groups is 1. The van der Waals surface area contributed by atoms with Crippen LogP contribution >= 0.6 is 0 Å². The van der Waals surface area contributed by atoms with Gasteiger partial charge in [-0.1, -0.05) is 107 Å². The van der Waals surface area contributed by atoms with Gasteiger partial charge in [0.2, 0.25) is 5.78 Å². The highest BCUT2D eigenvalue weighted by Crippen LogP contribution is 2.54. The van der Waals surface area contributed by atoms with Crippen LogP contribution in [0.2, 0.25) is 0 Å². The third-order valence-corrected chi connectivity index (χ3v) is 9.82. The summed E-state index contributed by atoms with van der Waals surface area (Å²) in [6, 6.07) is 41.0. The van der Waals surface area contributed by atoms with E-state index in [0.29, 0.717) is 12.4 Å². The van der Waals surface area contributed by atoms with Crippen molar-refractivity contribution in [1.29, 1.82) is 0 Å². The lowest BCUT2D eigenvalue weighted by Crippen LogP contribution is -2.31. The van der Waals surface area contributed by atoms with Gasteiger partial charge in [-0.3, -0.25) is 4.79 Å². The summed E-state index contributed by atoms with van der Waals surface area (Å²) in [6.07, 6.45) is 1.89. The van der Waals surface area contributed by atoms with E-state index in [4.69, 9.17) is 4.74 Å². The number of para-hydroxylation sites is 1. The second-order valence-electron chi connectivity index (χ2n) is 14.2. The summed E-state index contributed by atoms with van der Waals surface area (Å²) in [6.45, 7) is 11.8. The minimum atomic E-state index is -0.220. The molecule has 0 saturated heterocycles. The Bertz CT molecular complexity index is 2230. The van der Waals surface area contributed by atoms with E-state index in [1.54, 1.807) is 0 Å². The molecule has 2 aliphatic rings. The van der Waals surface area contributed by atoms with Crippen LogP contribution in [0.1, 0.15) is 72.8 Å². The minimum Gasteiger partial charge on any atom is -0.485 e. The number of carbonyl (C=O) groups excluding carboxylic acids is 1. The van der Waals surface area contributed by atoms with E-state index in [0.717, 1.165) is 38.5 Å². The Balaban J connectivity index is 1.22. The SMILES string of the molecule is CC(C)(C)c1ccc(N2c3ccccc3C(C)(C)c3c2ccc2cc(C=C4OCc5cc6ccccc6cc5C4=O)ccc32)cc1. The van der Waals surface area contributed by atoms with Gasteiger partial charge in [0.25, 0.3) is 0 Å². The fraction of sp³-hybridized carbons (Fsp3) is 0.186. The van der Waals surface area contributed by atoms with Crippen molar-refractivity contribution in [3.63, 3.8) is 0 Å². The molecule has 0 saturated carbocycles. The molecule has 3 heteroatoms. The number of ketones is 1. The molecule has 0 unspecified atom stereocenters. The molecule has 0 spiro atoms. The van der Waals surface area contributed by atoms with Gasteiger partial charge in [0, 0.05) is 22.2 Å². The number of Topliss-reactive ketones (excluding diaryl/α,β-unsaturated/α-hetero) is 1. The molecule has 0 fully saturated rings. The molecule has 6 aromatic carbocycles. The molecule has 3 nitrogen and oxygen atoms in total. The number of fused-ring (bicyclic) bond motifs is 6. The van der Waals surface area contributed by atoms with Crippen molar-refractivity contribution in [3.05, 3.63) is 154 Å². The Labute approximate surface area is 270 Å². The van der Waals surface area contributed by atoms with Crippen LogP contribution in [0.4, 0.5) is 17.1 Å². The standard InChI is InChI=1S/C43H37NO2/c1-42(2,3)32-16-18-33(19-17-32)44-37-13-9-8-12-36(37)43(4,5)40-34-20-14-27(22-30(34)15-21-38(40)44)23-39-41(45)35-25-29-11-7-6-10-28(29)24-31(35)26-46-39/h6-25H,26H2,1-5H3. The fourth-order valence-electron chi connectivity index (χ4n) is 7.35. The van der Waals surface area contributed by atoms with Gasteiger partial charge < -0.3 is 9.64 Å². The Morgan fingerprint density at radius 2 is 1.46 bits per heavy atom. The maximum Gasteiger partial charge on any atom is 0.228 e. The number of benzene rings is 6. The largest absolute Gasteiger partial charge is 0.485 e. The zero-order valence-corrected chi connectivity index (χ0v) is 27.0. The molecule has 0 bridgehead atoms. The molecule has 0 N–H and O–H groups in total. The monoisotopic (exact) mass is 599 g/mol. The molecular formula is C43H37NO2. The molecule has 0 aliphatic carbocycles. The number of hydrogen-bond acceptors (Lipinski definition) is 3. The smallest absolute Gasteiger partial charge is 0.228 e. The van der Waals surface area contributed by atoms with Crippen LogP contribution in [0, 0.1) is 0 Å². The van der Waals surface area contributed by atoms with Crippen molar-refractivity contribution >= 4 is 50.5 Å². The van der Waals surface area contributed by atoms with E-state index in [-0.39, 0.29) is 16.6 Å². The first-order chi connectivity index (χ1) is 22.1. The summed E-state index contributed by atoms with van der Waals surface area (Å²) in [5.74, 6) is 0.322. The highest BCUT2D eigenvalue weighted by Gasteiger charge is 2.38. The number of nitrogens with zero attached hydrogens (tertiary/aromatic N) is 1. The van der Waals surface area contributed by atoms with Gasteiger partial charge in [-0.05, 0) is 97.8 Å². The fourth-order valence-corrected chi connectivity index (χ4v) is 7.35. The maximum atomic E-state index is 13.6. The van der Waals surface area contributed by atoms with Crippen LogP contribution in [-0.2, 0) is 22.2 Å². The van der Waals surface area contributed by atoms with Gasteiger partial charge >= 0.3 is 0 Å². The zero-order valence-electron chi connectivity index (χ0n) is 27.0. The third kappa shape index (κ3) is 4.45. The summed E-state index contributed by atoms with van der Waals surface area (Å²) in [5, 5.41) is 4.53. The summed E-state index contributed by atoms with van der Waals surface area (Å²) >= 11 is 0. The van der Waals surface area contributed by atoms with Crippen LogP contribution in [0.25, 0.3) is 27.6 Å². The number of allylic oxidation sites excluding steroid dienone is 1. The van der Waals surface area contributed by atoms with E-state index < -0.39 is 0 Å². The Hall–Kier alpha value is -5.15. The molecule has 6 aromatic rings. The number of rotatable bonds is 2. The summed E-state index contributed by atoms with van der Waals surface area (Å²) in [5.41, 5.74) is 9.96. The van der Waals surface area contributed by atoms with E-state index in [9.17, 15) is 4.79 Å². The van der Waals surface area contributed by atoms with E-state index >= 15 is 0 Å². The van der Waals surface area contributed by atoms with Gasteiger partial charge in [0.1, 0.15) is 6.61 Å². The van der Waals surface area contributed by atoms with E-state index in [1.807, 2.05) is 30.3 Å². The maximum absolute atomic E-state index is 13.6. The number of ether oxygens (including phenoxy) is 1. The van der Waals surface area contributed by atoms with Crippen molar-refractivity contribution in [3.8, 4) is 0 Å². The van der Waals surface area contributed by atoms with Gasteiger partial charge in [-0.25, -0.2) is 0 Å². The number of hydrogen-bond donors (Lipinski definition) is 0. The predicted molar refractivity (Wildman–Crippen MR) is 191 cm³/mol. The van der Waals surface area contributed by atoms with Crippen LogP contribution in [0.5, 0.6) is 0 Å². The highest BCUT2D eigenvalue weighted by atomic mass is 16.5. The first-order valence-corrected chi connectivity index (χ1v) is 16.1. The Morgan fingerprint density at radius 1 is 0.739 bits per heavy atom. The first kappa shape index (κ1) is 28.3. The van der Waals surface area contributed by atoms with Crippen molar-refractivity contribution in [2.45, 2.75) is 52.1 Å². The van der Waals surface area contributed by atoms with Crippen LogP contribution < -0.4 is 4.90 Å². The summed E-state index contributed by atoms with van der Waals surface area (Å²) in [7, 11) is 0. The Kier molecular flexibility index (Phi) is 6.27. The molecule has 0 aromatic heterocycles. The molecular weight excluding hydrogens is 562 g/mol. The number of anilines is 3. The molecule has 46 heavy (non-hydrogen) atoms. The normalized spacial score (nSPS) is 16.2. The van der Waals surface area contributed by atoms with Gasteiger partial charge in [0.15, 0.2) is 5.76 Å². The average Bonchev–Trinajstić information content (AvgIpc) is 3.05. The second-order valence-corrected chi connectivity index (χ2v) is 14.2. The van der Waals surface area contributed by atoms with Crippen molar-refractivity contribution in [1.82, 2.24) is 0 Å². The van der Waals surface area contributed by atoms with Crippen molar-refractivity contribution < 1.29 is 9.53 Å². The lowest BCUT2D eigenvalue weighted by Gasteiger charge is -2.42. The van der Waals surface area contributed by atoms with Crippen molar-refractivity contribution in [2.75, 3.05) is 4.90 Å². The molecule has 0 radical (unpaired) electrons. The van der Waals surface area contributed by atoms with Crippen LogP contribution in [0.3, 0.4) is 0 Å². The quantitative estimate of drug-likeness (QED) is 0.185. The summed E-state index contributed by atoms with van der Waals surface area (Å²) in [4.78, 5) is 16.0. The predicted octanol–water partition coefficient (Wildman–Crippen LogP) is 11.2. The van der Waals surface area contributed by atoms with E-state index in [2.05, 4.69) is 131 Å². The molecule has 2 aliphatic heterocycles. The minimum absolute atomic E-state index is 0.0663. The van der Waals surface area contributed by atoms with E-state index in [1.165, 1.54) is 33.5 Å². The second kappa shape index (κ2) is 10.2. The third-order valence-electron chi connectivity index (χ3n) is 9.82. The zero-order chi connectivity index (χ0) is 31.8. The average molecular weight is 600 g/mol. The molecule has 0 atom stereocenters. The molecule has 8 rings (SSSR count).